The maximum atomic E-state index is 11.9. The van der Waals surface area contributed by atoms with Crippen molar-refractivity contribution in [2.24, 2.45) is 0 Å². The fourth-order valence-corrected chi connectivity index (χ4v) is 1.60. The van der Waals surface area contributed by atoms with Crippen LogP contribution in [0.4, 0.5) is 10.5 Å². The number of carbonyl (C=O) groups is 2. The molecule has 0 unspecified atom stereocenters. The first-order chi connectivity index (χ1) is 8.19. The Kier molecular flexibility index (Phi) is 4.34. The highest BCUT2D eigenvalue weighted by Crippen LogP contribution is 2.23. The Morgan fingerprint density at radius 1 is 1.33 bits per heavy atom. The van der Waals surface area contributed by atoms with Crippen LogP contribution in [0.3, 0.4) is 0 Å². The SMILES string of the molecule is CC(C)(C)OC(=O)c1cc(Br)ccc1NC(=O)O. The molecule has 0 aliphatic rings. The molecule has 0 bridgehead atoms. The van der Waals surface area contributed by atoms with E-state index < -0.39 is 17.7 Å². The van der Waals surface area contributed by atoms with Crippen molar-refractivity contribution in [3.8, 4) is 0 Å². The first-order valence-corrected chi connectivity index (χ1v) is 6.01. The van der Waals surface area contributed by atoms with E-state index in [1.54, 1.807) is 26.8 Å². The third kappa shape index (κ3) is 4.37. The second-order valence-electron chi connectivity index (χ2n) is 4.62. The average molecular weight is 316 g/mol. The number of hydrogen-bond donors (Lipinski definition) is 2. The van der Waals surface area contributed by atoms with Crippen molar-refractivity contribution in [2.45, 2.75) is 26.4 Å². The molecule has 0 saturated carbocycles. The molecule has 0 fully saturated rings. The molecule has 0 saturated heterocycles. The van der Waals surface area contributed by atoms with Gasteiger partial charge in [0.2, 0.25) is 0 Å². The van der Waals surface area contributed by atoms with E-state index in [2.05, 4.69) is 21.2 Å². The van der Waals surface area contributed by atoms with Crippen LogP contribution in [-0.4, -0.2) is 22.8 Å². The van der Waals surface area contributed by atoms with E-state index in [1.165, 1.54) is 12.1 Å². The number of nitrogens with one attached hydrogen (secondary N) is 1. The normalized spacial score (nSPS) is 10.9. The molecule has 18 heavy (non-hydrogen) atoms. The number of rotatable bonds is 2. The molecule has 1 aromatic rings. The van der Waals surface area contributed by atoms with Crippen molar-refractivity contribution in [3.63, 3.8) is 0 Å². The maximum absolute atomic E-state index is 11.9. The molecular formula is C12H14BrNO4. The summed E-state index contributed by atoms with van der Waals surface area (Å²) in [5.74, 6) is -0.576. The lowest BCUT2D eigenvalue weighted by molar-refractivity contribution is 0.00707. The topological polar surface area (TPSA) is 75.6 Å². The van der Waals surface area contributed by atoms with Crippen LogP contribution in [0.25, 0.3) is 0 Å². The van der Waals surface area contributed by atoms with Crippen molar-refractivity contribution in [2.75, 3.05) is 5.32 Å². The van der Waals surface area contributed by atoms with Crippen molar-refractivity contribution >= 4 is 33.7 Å². The van der Waals surface area contributed by atoms with Gasteiger partial charge in [0.15, 0.2) is 0 Å². The van der Waals surface area contributed by atoms with Gasteiger partial charge in [0.05, 0.1) is 11.3 Å². The molecule has 0 atom stereocenters. The number of carbonyl (C=O) groups excluding carboxylic acids is 1. The monoisotopic (exact) mass is 315 g/mol. The molecular weight excluding hydrogens is 302 g/mol. The predicted molar refractivity (Wildman–Crippen MR) is 71.0 cm³/mol. The van der Waals surface area contributed by atoms with Crippen molar-refractivity contribution in [3.05, 3.63) is 28.2 Å². The van der Waals surface area contributed by atoms with Gasteiger partial charge in [0.1, 0.15) is 5.60 Å². The minimum atomic E-state index is -1.23. The first kappa shape index (κ1) is 14.5. The lowest BCUT2D eigenvalue weighted by Crippen LogP contribution is -2.25. The zero-order chi connectivity index (χ0) is 13.9. The van der Waals surface area contributed by atoms with Gasteiger partial charge in [-0.15, -0.1) is 0 Å². The molecule has 0 aliphatic heterocycles. The lowest BCUT2D eigenvalue weighted by atomic mass is 10.1. The highest BCUT2D eigenvalue weighted by molar-refractivity contribution is 9.10. The number of hydrogen-bond acceptors (Lipinski definition) is 3. The molecule has 98 valence electrons. The smallest absolute Gasteiger partial charge is 0.409 e. The fraction of sp³-hybridized carbons (Fsp3) is 0.333. The number of esters is 1. The number of halogens is 1. The van der Waals surface area contributed by atoms with E-state index in [0.29, 0.717) is 4.47 Å². The lowest BCUT2D eigenvalue weighted by Gasteiger charge is -2.20. The number of amides is 1. The summed E-state index contributed by atoms with van der Waals surface area (Å²) >= 11 is 3.23. The van der Waals surface area contributed by atoms with E-state index in [9.17, 15) is 9.59 Å². The third-order valence-corrected chi connectivity index (χ3v) is 2.34. The summed E-state index contributed by atoms with van der Waals surface area (Å²) in [5, 5.41) is 10.9. The minimum absolute atomic E-state index is 0.168. The average Bonchev–Trinajstić information content (AvgIpc) is 2.17. The van der Waals surface area contributed by atoms with Gasteiger partial charge in [-0.05, 0) is 39.0 Å². The summed E-state index contributed by atoms with van der Waals surface area (Å²) in [7, 11) is 0. The Labute approximate surface area is 113 Å². The molecule has 0 aromatic heterocycles. The fourth-order valence-electron chi connectivity index (χ4n) is 1.24. The number of benzene rings is 1. The standard InChI is InChI=1S/C12H14BrNO4/c1-12(2,3)18-10(15)8-6-7(13)4-5-9(8)14-11(16)17/h4-6,14H,1-3H3,(H,16,17). The van der Waals surface area contributed by atoms with Crippen molar-refractivity contribution in [1.29, 1.82) is 0 Å². The summed E-state index contributed by atoms with van der Waals surface area (Å²) in [6, 6.07) is 4.65. The quantitative estimate of drug-likeness (QED) is 0.819. The van der Waals surface area contributed by atoms with Gasteiger partial charge in [0, 0.05) is 4.47 Å². The van der Waals surface area contributed by atoms with Crippen LogP contribution in [0.1, 0.15) is 31.1 Å². The highest BCUT2D eigenvalue weighted by atomic mass is 79.9. The zero-order valence-corrected chi connectivity index (χ0v) is 11.9. The van der Waals surface area contributed by atoms with Crippen LogP contribution in [0, 0.1) is 0 Å². The molecule has 5 nitrogen and oxygen atoms in total. The summed E-state index contributed by atoms with van der Waals surface area (Å²) in [5.41, 5.74) is -0.276. The van der Waals surface area contributed by atoms with Crippen molar-refractivity contribution < 1.29 is 19.4 Å². The Bertz CT molecular complexity index is 479. The second kappa shape index (κ2) is 5.39. The number of anilines is 1. The van der Waals surface area contributed by atoms with Gasteiger partial charge in [-0.3, -0.25) is 5.32 Å². The molecule has 0 aliphatic carbocycles. The van der Waals surface area contributed by atoms with E-state index in [1.807, 2.05) is 0 Å². The molecule has 6 heteroatoms. The molecule has 2 N–H and O–H groups in total. The van der Waals surface area contributed by atoms with E-state index in [-0.39, 0.29) is 11.3 Å². The Morgan fingerprint density at radius 2 is 1.94 bits per heavy atom. The van der Waals surface area contributed by atoms with Gasteiger partial charge in [-0.1, -0.05) is 15.9 Å². The van der Waals surface area contributed by atoms with Crippen LogP contribution in [0.5, 0.6) is 0 Å². The van der Waals surface area contributed by atoms with E-state index in [0.717, 1.165) is 0 Å². The second-order valence-corrected chi connectivity index (χ2v) is 5.54. The van der Waals surface area contributed by atoms with Crippen LogP contribution in [-0.2, 0) is 4.74 Å². The van der Waals surface area contributed by atoms with Crippen LogP contribution >= 0.6 is 15.9 Å². The largest absolute Gasteiger partial charge is 0.465 e. The van der Waals surface area contributed by atoms with Crippen molar-refractivity contribution in [1.82, 2.24) is 0 Å². The molecule has 1 amide bonds. The first-order valence-electron chi connectivity index (χ1n) is 5.22. The Balaban J connectivity index is 3.08. The molecule has 1 aromatic carbocycles. The third-order valence-electron chi connectivity index (χ3n) is 1.84. The van der Waals surface area contributed by atoms with E-state index in [4.69, 9.17) is 9.84 Å². The van der Waals surface area contributed by atoms with Gasteiger partial charge in [0.25, 0.3) is 0 Å². The molecule has 0 heterocycles. The Hall–Kier alpha value is -1.56. The summed E-state index contributed by atoms with van der Waals surface area (Å²) in [4.78, 5) is 22.6. The van der Waals surface area contributed by atoms with Gasteiger partial charge < -0.3 is 9.84 Å². The molecule has 0 radical (unpaired) electrons. The van der Waals surface area contributed by atoms with Gasteiger partial charge >= 0.3 is 12.1 Å². The van der Waals surface area contributed by atoms with Gasteiger partial charge in [-0.25, -0.2) is 9.59 Å². The van der Waals surface area contributed by atoms with Crippen LogP contribution in [0.15, 0.2) is 22.7 Å². The number of ether oxygens (including phenoxy) is 1. The summed E-state index contributed by atoms with van der Waals surface area (Å²) in [6.07, 6.45) is -1.23. The van der Waals surface area contributed by atoms with E-state index >= 15 is 0 Å². The van der Waals surface area contributed by atoms with Gasteiger partial charge in [-0.2, -0.15) is 0 Å². The maximum Gasteiger partial charge on any atom is 0.409 e. The summed E-state index contributed by atoms with van der Waals surface area (Å²) in [6.45, 7) is 5.23. The minimum Gasteiger partial charge on any atom is -0.465 e. The van der Waals surface area contributed by atoms with Crippen LogP contribution < -0.4 is 5.32 Å². The zero-order valence-electron chi connectivity index (χ0n) is 10.3. The summed E-state index contributed by atoms with van der Waals surface area (Å²) < 4.78 is 5.87. The molecule has 0 spiro atoms. The van der Waals surface area contributed by atoms with Crippen LogP contribution in [0.2, 0.25) is 0 Å². The Morgan fingerprint density at radius 3 is 2.44 bits per heavy atom. The highest BCUT2D eigenvalue weighted by Gasteiger charge is 2.21. The predicted octanol–water partition coefficient (Wildman–Crippen LogP) is 3.49. The number of carboxylic acid groups (broad SMARTS) is 1. The molecule has 1 rings (SSSR count).